The summed E-state index contributed by atoms with van der Waals surface area (Å²) in [6, 6.07) is 10.3. The molecule has 0 bridgehead atoms. The van der Waals surface area contributed by atoms with Crippen LogP contribution < -0.4 is 10.2 Å². The Kier molecular flexibility index (Phi) is 5.35. The van der Waals surface area contributed by atoms with Crippen molar-refractivity contribution in [1.29, 1.82) is 0 Å². The van der Waals surface area contributed by atoms with Crippen LogP contribution in [0.1, 0.15) is 33.6 Å². The minimum Gasteiger partial charge on any atom is -0.312 e. The van der Waals surface area contributed by atoms with Gasteiger partial charge in [0.1, 0.15) is 11.6 Å². The van der Waals surface area contributed by atoms with Gasteiger partial charge < -0.3 is 4.90 Å². The van der Waals surface area contributed by atoms with E-state index in [1.54, 1.807) is 35.4 Å². The number of amides is 2. The molecule has 1 saturated heterocycles. The number of halogens is 2. The number of carbonyl (C=O) groups is 2. The maximum atomic E-state index is 13.8. The molecule has 1 aliphatic heterocycles. The molecule has 0 unspecified atom stereocenters. The molecule has 1 aromatic heterocycles. The molecule has 0 saturated carbocycles. The Morgan fingerprint density at radius 1 is 1.17 bits per heavy atom. The minimum atomic E-state index is -0.622. The van der Waals surface area contributed by atoms with Crippen LogP contribution in [0.15, 0.2) is 48.7 Å². The Hall–Kier alpha value is -3.13. The monoisotopic (exact) mass is 413 g/mol. The normalized spacial score (nSPS) is 13.7. The van der Waals surface area contributed by atoms with Crippen molar-refractivity contribution in [1.82, 2.24) is 4.98 Å². The quantitative estimate of drug-likeness (QED) is 0.675. The highest BCUT2D eigenvalue weighted by atomic mass is 32.1. The number of hydrogen-bond donors (Lipinski definition) is 1. The zero-order chi connectivity index (χ0) is 20.4. The van der Waals surface area contributed by atoms with Crippen molar-refractivity contribution in [2.24, 2.45) is 0 Å². The third-order valence-electron chi connectivity index (χ3n) is 4.67. The molecular formula is C21H17F2N3O2S. The van der Waals surface area contributed by atoms with E-state index in [9.17, 15) is 18.4 Å². The molecule has 2 heterocycles. The molecule has 0 aliphatic carbocycles. The molecule has 3 aromatic rings. The Bertz CT molecular complexity index is 1070. The number of nitrogens with one attached hydrogen (secondary N) is 1. The number of anilines is 2. The van der Waals surface area contributed by atoms with E-state index >= 15 is 0 Å². The summed E-state index contributed by atoms with van der Waals surface area (Å²) in [7, 11) is 0. The van der Waals surface area contributed by atoms with E-state index < -0.39 is 11.6 Å². The van der Waals surface area contributed by atoms with E-state index in [0.29, 0.717) is 29.2 Å². The summed E-state index contributed by atoms with van der Waals surface area (Å²) in [6.45, 7) is 0.695. The van der Waals surface area contributed by atoms with Gasteiger partial charge >= 0.3 is 0 Å². The zero-order valence-electron chi connectivity index (χ0n) is 15.3. The van der Waals surface area contributed by atoms with Gasteiger partial charge in [-0.1, -0.05) is 6.07 Å². The van der Waals surface area contributed by atoms with Crippen molar-refractivity contribution >= 4 is 34.0 Å². The average Bonchev–Trinajstić information content (AvgIpc) is 3.33. The van der Waals surface area contributed by atoms with Gasteiger partial charge in [-0.15, -0.1) is 11.3 Å². The molecule has 2 amide bonds. The molecular weight excluding hydrogens is 396 g/mol. The summed E-state index contributed by atoms with van der Waals surface area (Å²) < 4.78 is 26.8. The maximum absolute atomic E-state index is 13.8. The number of carbonyl (C=O) groups excluding carboxylic acids is 2. The fourth-order valence-corrected chi connectivity index (χ4v) is 4.01. The Morgan fingerprint density at radius 3 is 2.66 bits per heavy atom. The molecule has 0 atom stereocenters. The topological polar surface area (TPSA) is 62.3 Å². The van der Waals surface area contributed by atoms with Gasteiger partial charge in [0.05, 0.1) is 0 Å². The van der Waals surface area contributed by atoms with Gasteiger partial charge in [0, 0.05) is 47.8 Å². The highest BCUT2D eigenvalue weighted by Gasteiger charge is 2.21. The first-order chi connectivity index (χ1) is 14.0. The van der Waals surface area contributed by atoms with Crippen LogP contribution in [0.3, 0.4) is 0 Å². The molecule has 0 radical (unpaired) electrons. The molecule has 29 heavy (non-hydrogen) atoms. The van der Waals surface area contributed by atoms with Crippen molar-refractivity contribution < 1.29 is 18.4 Å². The summed E-state index contributed by atoms with van der Waals surface area (Å²) >= 11 is 1.23. The highest BCUT2D eigenvalue weighted by Crippen LogP contribution is 2.24. The molecule has 1 fully saturated rings. The molecule has 1 N–H and O–H groups in total. The van der Waals surface area contributed by atoms with Crippen LogP contribution >= 0.6 is 11.3 Å². The van der Waals surface area contributed by atoms with Gasteiger partial charge in [-0.2, -0.15) is 0 Å². The van der Waals surface area contributed by atoms with E-state index in [0.717, 1.165) is 23.1 Å². The van der Waals surface area contributed by atoms with E-state index in [1.165, 1.54) is 23.5 Å². The molecule has 148 valence electrons. The molecule has 5 nitrogen and oxygen atoms in total. The van der Waals surface area contributed by atoms with Crippen LogP contribution in [0.2, 0.25) is 0 Å². The van der Waals surface area contributed by atoms with Crippen LogP contribution in [0.25, 0.3) is 0 Å². The van der Waals surface area contributed by atoms with Gasteiger partial charge in [-0.3, -0.25) is 14.9 Å². The summed E-state index contributed by atoms with van der Waals surface area (Å²) in [5.41, 5.74) is 1.59. The Balaban J connectivity index is 1.40. The lowest BCUT2D eigenvalue weighted by Crippen LogP contribution is -2.23. The smallest absolute Gasteiger partial charge is 0.257 e. The predicted octanol–water partition coefficient (Wildman–Crippen LogP) is 4.39. The van der Waals surface area contributed by atoms with Crippen LogP contribution in [-0.2, 0) is 11.2 Å². The molecule has 2 aromatic carbocycles. The second-order valence-electron chi connectivity index (χ2n) is 6.69. The number of hydrogen-bond acceptors (Lipinski definition) is 4. The predicted molar refractivity (Wildman–Crippen MR) is 107 cm³/mol. The van der Waals surface area contributed by atoms with Crippen molar-refractivity contribution in [2.75, 3.05) is 16.8 Å². The van der Waals surface area contributed by atoms with Gasteiger partial charge in [-0.05, 0) is 42.3 Å². The lowest BCUT2D eigenvalue weighted by molar-refractivity contribution is -0.117. The van der Waals surface area contributed by atoms with Crippen molar-refractivity contribution in [3.8, 4) is 0 Å². The summed E-state index contributed by atoms with van der Waals surface area (Å²) in [4.78, 5) is 30.9. The minimum absolute atomic E-state index is 0.0927. The van der Waals surface area contributed by atoms with E-state index in [-0.39, 0.29) is 18.2 Å². The molecule has 8 heteroatoms. The van der Waals surface area contributed by atoms with Crippen LogP contribution in [0.4, 0.5) is 19.6 Å². The fourth-order valence-electron chi connectivity index (χ4n) is 3.18. The molecule has 1 aliphatic rings. The first-order valence-corrected chi connectivity index (χ1v) is 9.91. The lowest BCUT2D eigenvalue weighted by atomic mass is 10.1. The van der Waals surface area contributed by atoms with Crippen molar-refractivity contribution in [2.45, 2.75) is 19.3 Å². The van der Waals surface area contributed by atoms with Gasteiger partial charge in [0.2, 0.25) is 5.91 Å². The van der Waals surface area contributed by atoms with Gasteiger partial charge in [0.25, 0.3) is 5.91 Å². The Labute approximate surface area is 170 Å². The molecule has 4 rings (SSSR count). The fraction of sp³-hybridized carbons (Fsp3) is 0.190. The first-order valence-electron chi connectivity index (χ1n) is 9.10. The average molecular weight is 413 g/mol. The number of thiazole rings is 1. The number of aromatic nitrogens is 1. The van der Waals surface area contributed by atoms with Crippen LogP contribution in [0, 0.1) is 11.6 Å². The van der Waals surface area contributed by atoms with E-state index in [2.05, 4.69) is 10.3 Å². The van der Waals surface area contributed by atoms with E-state index in [1.807, 2.05) is 0 Å². The van der Waals surface area contributed by atoms with Gasteiger partial charge in [-0.25, -0.2) is 13.8 Å². The SMILES string of the molecule is O=C(Nc1ncc(Cc2ccc(F)cc2F)s1)c1ccc(N2CCCC2=O)cc1. The van der Waals surface area contributed by atoms with Crippen molar-refractivity contribution in [3.05, 3.63) is 76.3 Å². The van der Waals surface area contributed by atoms with Crippen molar-refractivity contribution in [3.63, 3.8) is 0 Å². The standard InChI is InChI=1S/C21H17F2N3O2S/c22-15-6-3-14(18(23)11-15)10-17-12-24-21(29-17)25-20(28)13-4-7-16(8-5-13)26-9-1-2-19(26)27/h3-8,11-12H,1-2,9-10H2,(H,24,25,28). The largest absolute Gasteiger partial charge is 0.312 e. The highest BCUT2D eigenvalue weighted by molar-refractivity contribution is 7.15. The van der Waals surface area contributed by atoms with Crippen LogP contribution in [0.5, 0.6) is 0 Å². The van der Waals surface area contributed by atoms with E-state index in [4.69, 9.17) is 0 Å². The number of rotatable bonds is 5. The Morgan fingerprint density at radius 2 is 1.97 bits per heavy atom. The number of benzene rings is 2. The third-order valence-corrected chi connectivity index (χ3v) is 5.58. The second-order valence-corrected chi connectivity index (χ2v) is 7.81. The molecule has 0 spiro atoms. The first kappa shape index (κ1) is 19.2. The van der Waals surface area contributed by atoms with Gasteiger partial charge in [0.15, 0.2) is 5.13 Å². The maximum Gasteiger partial charge on any atom is 0.257 e. The second kappa shape index (κ2) is 8.08. The summed E-state index contributed by atoms with van der Waals surface area (Å²) in [5, 5.41) is 3.11. The number of nitrogens with zero attached hydrogens (tertiary/aromatic N) is 2. The lowest BCUT2D eigenvalue weighted by Gasteiger charge is -2.15. The third kappa shape index (κ3) is 4.32. The summed E-state index contributed by atoms with van der Waals surface area (Å²) in [5.74, 6) is -1.46. The zero-order valence-corrected chi connectivity index (χ0v) is 16.1. The van der Waals surface area contributed by atoms with Crippen LogP contribution in [-0.4, -0.2) is 23.3 Å². The summed E-state index contributed by atoms with van der Waals surface area (Å²) in [6.07, 6.45) is 3.22.